The van der Waals surface area contributed by atoms with Crippen molar-refractivity contribution in [1.82, 2.24) is 4.90 Å². The summed E-state index contributed by atoms with van der Waals surface area (Å²) in [5.41, 5.74) is 6.93. The molecule has 0 saturated heterocycles. The van der Waals surface area contributed by atoms with Gasteiger partial charge in [-0.05, 0) is 0 Å². The first-order valence-corrected chi connectivity index (χ1v) is 6.66. The van der Waals surface area contributed by atoms with Gasteiger partial charge in [0, 0.05) is 0 Å². The van der Waals surface area contributed by atoms with Gasteiger partial charge in [0.05, 0.1) is 0 Å². The molecule has 0 fully saturated rings. The number of nitrogens with zero attached hydrogens (tertiary/aromatic N) is 1. The Morgan fingerprint density at radius 3 is 2.11 bits per heavy atom. The molecule has 1 aromatic carbocycles. The topological polar surface area (TPSA) is 29.3 Å². The molecule has 3 heteroatoms. The van der Waals surface area contributed by atoms with Gasteiger partial charge in [0.25, 0.3) is 0 Å². The summed E-state index contributed by atoms with van der Waals surface area (Å²) in [6, 6.07) is 10.1. The van der Waals surface area contributed by atoms with Gasteiger partial charge in [-0.25, -0.2) is 0 Å². The molecule has 0 aliphatic heterocycles. The van der Waals surface area contributed by atoms with Crippen LogP contribution in [0.5, 0.6) is 0 Å². The fraction of sp³-hybridized carbons (Fsp3) is 0.533. The van der Waals surface area contributed by atoms with Crippen molar-refractivity contribution in [1.29, 1.82) is 0 Å². The van der Waals surface area contributed by atoms with E-state index in [-0.39, 0.29) is 6.04 Å². The molecule has 0 aliphatic rings. The normalized spacial score (nSPS) is 10.5. The molecule has 100 valence electrons. The van der Waals surface area contributed by atoms with Crippen LogP contribution in [-0.2, 0) is 6.54 Å². The van der Waals surface area contributed by atoms with E-state index in [1.807, 2.05) is 52.9 Å². The van der Waals surface area contributed by atoms with Crippen LogP contribution in [0.25, 0.3) is 0 Å². The standard InChI is InChI=1S/C11H15BN2.2C2H6/c1-14(9-11(13)7-12)8-10-5-3-2-4-6-10;2*1-2/h2-6,11H,8-9,13H2,1H3;2*1-2H3. The fourth-order valence-electron chi connectivity index (χ4n) is 1.35. The van der Waals surface area contributed by atoms with Crippen LogP contribution in [-0.4, -0.2) is 31.9 Å². The number of hydrogen-bond donors (Lipinski definition) is 1. The van der Waals surface area contributed by atoms with Gasteiger partial charge in [-0.15, -0.1) is 0 Å². The molecule has 1 aromatic rings. The third-order valence-electron chi connectivity index (χ3n) is 2.02. The van der Waals surface area contributed by atoms with Gasteiger partial charge >= 0.3 is 85.8 Å². The van der Waals surface area contributed by atoms with Gasteiger partial charge in [-0.1, -0.05) is 27.7 Å². The van der Waals surface area contributed by atoms with E-state index in [4.69, 9.17) is 13.1 Å². The van der Waals surface area contributed by atoms with Crippen molar-refractivity contribution in [2.75, 3.05) is 13.6 Å². The third-order valence-corrected chi connectivity index (χ3v) is 2.02. The minimum Gasteiger partial charge on any atom is -0.0683 e. The predicted molar refractivity (Wildman–Crippen MR) is 83.1 cm³/mol. The Morgan fingerprint density at radius 1 is 1.17 bits per heavy atom. The summed E-state index contributed by atoms with van der Waals surface area (Å²) in [5, 5.41) is 0. The summed E-state index contributed by atoms with van der Waals surface area (Å²) >= 11 is 0. The Hall–Kier alpha value is -1.02. The van der Waals surface area contributed by atoms with E-state index in [0.717, 1.165) is 13.1 Å². The molecule has 2 nitrogen and oxygen atoms in total. The minimum absolute atomic E-state index is 0.177. The number of benzene rings is 1. The number of rotatable bonds is 4. The number of hydrogen-bond acceptors (Lipinski definition) is 2. The maximum absolute atomic E-state index is 5.65. The van der Waals surface area contributed by atoms with Crippen molar-refractivity contribution in [3.63, 3.8) is 0 Å². The molecule has 0 aliphatic carbocycles. The smallest absolute Gasteiger partial charge is 0.0683 e. The van der Waals surface area contributed by atoms with Crippen LogP contribution >= 0.6 is 0 Å². The van der Waals surface area contributed by atoms with Crippen molar-refractivity contribution < 1.29 is 0 Å². The van der Waals surface area contributed by atoms with Crippen LogP contribution in [0, 0.1) is 5.80 Å². The molecule has 0 radical (unpaired) electrons. The van der Waals surface area contributed by atoms with Crippen LogP contribution in [0.2, 0.25) is 0 Å². The molecule has 0 amide bonds. The van der Waals surface area contributed by atoms with E-state index in [0.29, 0.717) is 0 Å². The summed E-state index contributed by atoms with van der Waals surface area (Å²) in [4.78, 5) is 2.12. The van der Waals surface area contributed by atoms with Crippen molar-refractivity contribution in [2.24, 2.45) is 5.73 Å². The summed E-state index contributed by atoms with van der Waals surface area (Å²) in [6.07, 6.45) is 0. The van der Waals surface area contributed by atoms with Gasteiger partial charge in [-0.2, -0.15) is 0 Å². The molecular weight excluding hydrogens is 219 g/mol. The van der Waals surface area contributed by atoms with Crippen LogP contribution in [0.3, 0.4) is 0 Å². The van der Waals surface area contributed by atoms with Gasteiger partial charge in [-0.3, -0.25) is 0 Å². The van der Waals surface area contributed by atoms with E-state index in [2.05, 4.69) is 22.8 Å². The molecular formula is C15H27BN2. The van der Waals surface area contributed by atoms with Crippen LogP contribution in [0.1, 0.15) is 33.3 Å². The quantitative estimate of drug-likeness (QED) is 0.827. The zero-order valence-electron chi connectivity index (χ0n) is 12.5. The first-order chi connectivity index (χ1) is 8.72. The zero-order chi connectivity index (χ0) is 14.4. The Kier molecular flexibility index (Phi) is 15.1. The van der Waals surface area contributed by atoms with Gasteiger partial charge in [0.1, 0.15) is 0 Å². The molecule has 18 heavy (non-hydrogen) atoms. The van der Waals surface area contributed by atoms with E-state index in [1.54, 1.807) is 0 Å². The summed E-state index contributed by atoms with van der Waals surface area (Å²) < 4.78 is 0. The first kappa shape index (κ1) is 19.3. The molecule has 0 heterocycles. The molecule has 2 N–H and O–H groups in total. The average Bonchev–Trinajstić information content (AvgIpc) is 2.44. The van der Waals surface area contributed by atoms with Crippen molar-refractivity contribution in [3.05, 3.63) is 35.9 Å². The maximum atomic E-state index is 5.65. The SMILES string of the molecule is B#CC(N)CN(C)Cc1ccccc1.CC.CC. The third kappa shape index (κ3) is 10.2. The van der Waals surface area contributed by atoms with Crippen LogP contribution in [0.4, 0.5) is 0 Å². The first-order valence-electron chi connectivity index (χ1n) is 6.66. The molecule has 1 atom stereocenters. The Labute approximate surface area is 114 Å². The Balaban J connectivity index is 0. The molecule has 0 saturated carbocycles. The van der Waals surface area contributed by atoms with Crippen molar-refractivity contribution in [2.45, 2.75) is 40.3 Å². The van der Waals surface area contributed by atoms with E-state index in [1.165, 1.54) is 5.56 Å². The average molecular weight is 246 g/mol. The summed E-state index contributed by atoms with van der Waals surface area (Å²) in [6.45, 7) is 9.61. The Bertz CT molecular complexity index is 306. The second-order valence-corrected chi connectivity index (χ2v) is 3.46. The maximum Gasteiger partial charge on any atom is -0.0683 e. The summed E-state index contributed by atoms with van der Waals surface area (Å²) in [5.74, 6) is 2.52. The van der Waals surface area contributed by atoms with Crippen LogP contribution in [0.15, 0.2) is 30.3 Å². The summed E-state index contributed by atoms with van der Waals surface area (Å²) in [7, 11) is 7.23. The van der Waals surface area contributed by atoms with Crippen molar-refractivity contribution >= 4 is 7.33 Å². The monoisotopic (exact) mass is 246 g/mol. The van der Waals surface area contributed by atoms with E-state index >= 15 is 0 Å². The fourth-order valence-corrected chi connectivity index (χ4v) is 1.35. The Morgan fingerprint density at radius 2 is 1.67 bits per heavy atom. The molecule has 1 unspecified atom stereocenters. The largest absolute Gasteiger partial charge is 0.0683 e. The number of likely N-dealkylation sites (N-methyl/N-ethyl adjacent to an activating group) is 1. The van der Waals surface area contributed by atoms with Crippen LogP contribution < -0.4 is 5.73 Å². The minimum atomic E-state index is -0.177. The molecule has 0 spiro atoms. The van der Waals surface area contributed by atoms with E-state index in [9.17, 15) is 0 Å². The second-order valence-electron chi connectivity index (χ2n) is 3.46. The molecule has 0 bridgehead atoms. The predicted octanol–water partition coefficient (Wildman–Crippen LogP) is 2.63. The van der Waals surface area contributed by atoms with Gasteiger partial charge < -0.3 is 0 Å². The second kappa shape index (κ2) is 14.0. The van der Waals surface area contributed by atoms with Gasteiger partial charge in [0.2, 0.25) is 0 Å². The zero-order valence-corrected chi connectivity index (χ0v) is 12.5. The number of nitrogens with two attached hydrogens (primary N) is 1. The van der Waals surface area contributed by atoms with E-state index < -0.39 is 0 Å². The molecule has 0 aromatic heterocycles. The molecule has 1 rings (SSSR count). The van der Waals surface area contributed by atoms with Crippen molar-refractivity contribution in [3.8, 4) is 5.80 Å². The van der Waals surface area contributed by atoms with Gasteiger partial charge in [0.15, 0.2) is 0 Å².